The molecule has 0 aromatic rings. The third-order valence-electron chi connectivity index (χ3n) is 3.91. The van der Waals surface area contributed by atoms with Gasteiger partial charge in [0.15, 0.2) is 0 Å². The summed E-state index contributed by atoms with van der Waals surface area (Å²) in [5.74, 6) is 0.908. The molecule has 0 spiro atoms. The van der Waals surface area contributed by atoms with Crippen LogP contribution < -0.4 is 0 Å². The topological polar surface area (TPSA) is 3.24 Å². The predicted molar refractivity (Wildman–Crippen MR) is 65.8 cm³/mol. The van der Waals surface area contributed by atoms with Gasteiger partial charge in [-0.25, -0.2) is 0 Å². The van der Waals surface area contributed by atoms with Crippen LogP contribution in [0.25, 0.3) is 0 Å². The largest absolute Gasteiger partial charge is 0.375 e. The van der Waals surface area contributed by atoms with E-state index in [1.54, 1.807) is 5.70 Å². The summed E-state index contributed by atoms with van der Waals surface area (Å²) < 4.78 is 0. The zero-order chi connectivity index (χ0) is 10.5. The minimum atomic E-state index is 0.908. The quantitative estimate of drug-likeness (QED) is 0.631. The molecule has 1 fully saturated rings. The molecule has 86 valence electrons. The maximum absolute atomic E-state index is 2.66. The average Bonchev–Trinajstić information content (AvgIpc) is 2.30. The molecule has 1 unspecified atom stereocenters. The molecule has 0 aromatic heterocycles. The molecule has 0 N–H and O–H groups in total. The summed E-state index contributed by atoms with van der Waals surface area (Å²) in [4.78, 5) is 2.66. The van der Waals surface area contributed by atoms with Crippen molar-refractivity contribution < 1.29 is 0 Å². The summed E-state index contributed by atoms with van der Waals surface area (Å²) >= 11 is 0. The Kier molecular flexibility index (Phi) is 4.10. The molecule has 0 amide bonds. The summed E-state index contributed by atoms with van der Waals surface area (Å²) in [5, 5.41) is 0. The number of hydrogen-bond acceptors (Lipinski definition) is 1. The van der Waals surface area contributed by atoms with Crippen LogP contribution in [0.1, 0.15) is 58.3 Å². The molecule has 0 radical (unpaired) electrons. The third-order valence-corrected chi connectivity index (χ3v) is 3.91. The lowest BCUT2D eigenvalue weighted by Crippen LogP contribution is -2.35. The first-order chi connectivity index (χ1) is 7.42. The summed E-state index contributed by atoms with van der Waals surface area (Å²) in [6.45, 7) is 4.96. The molecular weight excluding hydrogens is 182 g/mol. The van der Waals surface area contributed by atoms with Crippen LogP contribution in [-0.4, -0.2) is 18.0 Å². The predicted octanol–water partition coefficient (Wildman–Crippen LogP) is 3.96. The fourth-order valence-electron chi connectivity index (χ4n) is 3.07. The fraction of sp³-hybridized carbons (Fsp3) is 0.857. The van der Waals surface area contributed by atoms with Crippen molar-refractivity contribution in [2.75, 3.05) is 13.1 Å². The van der Waals surface area contributed by atoms with E-state index in [2.05, 4.69) is 17.9 Å². The van der Waals surface area contributed by atoms with Gasteiger partial charge in [0.05, 0.1) is 0 Å². The van der Waals surface area contributed by atoms with Crippen LogP contribution in [0.15, 0.2) is 11.8 Å². The number of unbranched alkanes of at least 4 members (excludes halogenated alkanes) is 2. The van der Waals surface area contributed by atoms with Gasteiger partial charge in [-0.1, -0.05) is 32.3 Å². The number of fused-ring (bicyclic) bond motifs is 1. The SMILES string of the molecule is CCCCCC1CCCN2CCCC=C12. The van der Waals surface area contributed by atoms with Gasteiger partial charge in [-0.3, -0.25) is 0 Å². The van der Waals surface area contributed by atoms with Crippen molar-refractivity contribution in [3.05, 3.63) is 11.8 Å². The smallest absolute Gasteiger partial charge is 0.0177 e. The molecular formula is C14H25N. The monoisotopic (exact) mass is 207 g/mol. The molecule has 2 rings (SSSR count). The Hall–Kier alpha value is -0.460. The Morgan fingerprint density at radius 1 is 1.27 bits per heavy atom. The van der Waals surface area contributed by atoms with Crippen molar-refractivity contribution in [3.63, 3.8) is 0 Å². The molecule has 0 saturated carbocycles. The first kappa shape index (κ1) is 11.0. The minimum absolute atomic E-state index is 0.908. The Bertz CT molecular complexity index is 219. The van der Waals surface area contributed by atoms with Gasteiger partial charge in [-0.15, -0.1) is 0 Å². The molecule has 2 aliphatic rings. The van der Waals surface area contributed by atoms with Crippen molar-refractivity contribution >= 4 is 0 Å². The van der Waals surface area contributed by atoms with E-state index in [9.17, 15) is 0 Å². The van der Waals surface area contributed by atoms with Gasteiger partial charge in [0, 0.05) is 18.8 Å². The molecule has 2 aliphatic heterocycles. The Morgan fingerprint density at radius 2 is 2.13 bits per heavy atom. The highest BCUT2D eigenvalue weighted by Gasteiger charge is 2.25. The minimum Gasteiger partial charge on any atom is -0.375 e. The molecule has 0 bridgehead atoms. The average molecular weight is 207 g/mol. The van der Waals surface area contributed by atoms with E-state index in [1.165, 1.54) is 64.5 Å². The molecule has 1 heteroatoms. The fourth-order valence-corrected chi connectivity index (χ4v) is 3.07. The lowest BCUT2D eigenvalue weighted by atomic mass is 9.87. The number of hydrogen-bond donors (Lipinski definition) is 0. The standard InChI is InChI=1S/C14H25N/c1-2-3-4-8-13-9-7-12-15-11-6-5-10-14(13)15/h10,13H,2-9,11-12H2,1H3. The summed E-state index contributed by atoms with van der Waals surface area (Å²) in [7, 11) is 0. The van der Waals surface area contributed by atoms with Crippen LogP contribution in [0.5, 0.6) is 0 Å². The second-order valence-electron chi connectivity index (χ2n) is 5.09. The Morgan fingerprint density at radius 3 is 3.00 bits per heavy atom. The highest BCUT2D eigenvalue weighted by molar-refractivity contribution is 5.11. The van der Waals surface area contributed by atoms with Gasteiger partial charge in [-0.2, -0.15) is 0 Å². The molecule has 1 saturated heterocycles. The van der Waals surface area contributed by atoms with E-state index < -0.39 is 0 Å². The molecule has 1 nitrogen and oxygen atoms in total. The lowest BCUT2D eigenvalue weighted by Gasteiger charge is -2.39. The van der Waals surface area contributed by atoms with Crippen LogP contribution in [0.3, 0.4) is 0 Å². The maximum atomic E-state index is 2.66. The van der Waals surface area contributed by atoms with Crippen LogP contribution in [-0.2, 0) is 0 Å². The maximum Gasteiger partial charge on any atom is 0.0177 e. The van der Waals surface area contributed by atoms with Crippen molar-refractivity contribution in [2.24, 2.45) is 5.92 Å². The molecule has 2 heterocycles. The van der Waals surface area contributed by atoms with Crippen molar-refractivity contribution in [1.29, 1.82) is 0 Å². The van der Waals surface area contributed by atoms with E-state index in [1.807, 2.05) is 0 Å². The Balaban J connectivity index is 1.89. The van der Waals surface area contributed by atoms with E-state index >= 15 is 0 Å². The first-order valence-electron chi connectivity index (χ1n) is 6.87. The first-order valence-corrected chi connectivity index (χ1v) is 6.87. The van der Waals surface area contributed by atoms with Gasteiger partial charge in [0.2, 0.25) is 0 Å². The van der Waals surface area contributed by atoms with Crippen LogP contribution in [0.4, 0.5) is 0 Å². The molecule has 0 aliphatic carbocycles. The zero-order valence-corrected chi connectivity index (χ0v) is 10.2. The van der Waals surface area contributed by atoms with Gasteiger partial charge < -0.3 is 4.90 Å². The number of nitrogens with zero attached hydrogens (tertiary/aromatic N) is 1. The highest BCUT2D eigenvalue weighted by Crippen LogP contribution is 2.33. The third kappa shape index (κ3) is 2.76. The van der Waals surface area contributed by atoms with Gasteiger partial charge >= 0.3 is 0 Å². The number of piperidine rings is 1. The van der Waals surface area contributed by atoms with E-state index in [-0.39, 0.29) is 0 Å². The van der Waals surface area contributed by atoms with Crippen LogP contribution in [0, 0.1) is 5.92 Å². The summed E-state index contributed by atoms with van der Waals surface area (Å²) in [6, 6.07) is 0. The van der Waals surface area contributed by atoms with Crippen molar-refractivity contribution in [1.82, 2.24) is 4.90 Å². The van der Waals surface area contributed by atoms with Crippen LogP contribution >= 0.6 is 0 Å². The van der Waals surface area contributed by atoms with Crippen LogP contribution in [0.2, 0.25) is 0 Å². The van der Waals surface area contributed by atoms with E-state index in [0.29, 0.717) is 0 Å². The Labute approximate surface area is 94.5 Å². The highest BCUT2D eigenvalue weighted by atomic mass is 15.1. The molecule has 1 atom stereocenters. The normalized spacial score (nSPS) is 26.1. The number of allylic oxidation sites excluding steroid dienone is 2. The van der Waals surface area contributed by atoms with Gasteiger partial charge in [-0.05, 0) is 38.0 Å². The number of rotatable bonds is 4. The molecule has 0 aromatic carbocycles. The van der Waals surface area contributed by atoms with E-state index in [0.717, 1.165) is 5.92 Å². The summed E-state index contributed by atoms with van der Waals surface area (Å²) in [5.41, 5.74) is 1.71. The second-order valence-corrected chi connectivity index (χ2v) is 5.09. The zero-order valence-electron chi connectivity index (χ0n) is 10.2. The van der Waals surface area contributed by atoms with Gasteiger partial charge in [0.25, 0.3) is 0 Å². The van der Waals surface area contributed by atoms with E-state index in [4.69, 9.17) is 0 Å². The van der Waals surface area contributed by atoms with Crippen molar-refractivity contribution in [3.8, 4) is 0 Å². The summed E-state index contributed by atoms with van der Waals surface area (Å²) in [6.07, 6.45) is 13.8. The van der Waals surface area contributed by atoms with Gasteiger partial charge in [0.1, 0.15) is 0 Å². The van der Waals surface area contributed by atoms with Crippen molar-refractivity contribution in [2.45, 2.75) is 58.3 Å². The second kappa shape index (κ2) is 5.58. The molecule has 15 heavy (non-hydrogen) atoms. The lowest BCUT2D eigenvalue weighted by molar-refractivity contribution is 0.218.